The van der Waals surface area contributed by atoms with Crippen LogP contribution >= 0.6 is 0 Å². The molecule has 0 radical (unpaired) electrons. The van der Waals surface area contributed by atoms with Crippen LogP contribution in [0.4, 0.5) is 0 Å². The zero-order valence-electron chi connectivity index (χ0n) is 15.4. The van der Waals surface area contributed by atoms with Crippen LogP contribution in [0.1, 0.15) is 22.5 Å². The molecular weight excluding hydrogens is 344 g/mol. The quantitative estimate of drug-likeness (QED) is 0.474. The van der Waals surface area contributed by atoms with E-state index in [-0.39, 0.29) is 6.61 Å². The van der Waals surface area contributed by atoms with Crippen LogP contribution in [0, 0.1) is 6.92 Å². The van der Waals surface area contributed by atoms with Gasteiger partial charge in [-0.05, 0) is 23.4 Å². The monoisotopic (exact) mass is 364 g/mol. The summed E-state index contributed by atoms with van der Waals surface area (Å²) in [4.78, 5) is 10.6. The van der Waals surface area contributed by atoms with Crippen LogP contribution in [-0.2, 0) is 16.7 Å². The van der Waals surface area contributed by atoms with E-state index in [4.69, 9.17) is 9.68 Å². The first kappa shape index (κ1) is 18.2. The normalized spacial score (nSPS) is 12.1. The molecule has 3 rings (SSSR count). The first-order valence-corrected chi connectivity index (χ1v) is 8.34. The molecule has 0 bridgehead atoms. The van der Waals surface area contributed by atoms with E-state index in [1.807, 2.05) is 61.5 Å². The summed E-state index contributed by atoms with van der Waals surface area (Å²) in [6.07, 6.45) is 0. The Labute approximate surface area is 157 Å². The highest BCUT2D eigenvalue weighted by Crippen LogP contribution is 2.10. The molecule has 0 saturated carbocycles. The van der Waals surface area contributed by atoms with Crippen molar-refractivity contribution >= 4 is 11.4 Å². The van der Waals surface area contributed by atoms with Crippen molar-refractivity contribution in [3.05, 3.63) is 77.1 Å². The Morgan fingerprint density at radius 2 is 1.81 bits per heavy atom. The van der Waals surface area contributed by atoms with Crippen molar-refractivity contribution in [1.82, 2.24) is 20.2 Å². The van der Waals surface area contributed by atoms with Crippen molar-refractivity contribution in [3.8, 4) is 0 Å². The topological polar surface area (TPSA) is 86.8 Å². The number of tetrazole rings is 1. The minimum absolute atomic E-state index is 0.138. The highest BCUT2D eigenvalue weighted by molar-refractivity contribution is 6.10. The predicted molar refractivity (Wildman–Crippen MR) is 102 cm³/mol. The Morgan fingerprint density at radius 3 is 2.48 bits per heavy atom. The second-order valence-electron chi connectivity index (χ2n) is 5.80. The van der Waals surface area contributed by atoms with Gasteiger partial charge in [0.15, 0.2) is 12.3 Å². The zero-order chi connectivity index (χ0) is 19.1. The van der Waals surface area contributed by atoms with Gasteiger partial charge in [-0.25, -0.2) is 4.68 Å². The van der Waals surface area contributed by atoms with Gasteiger partial charge in [-0.3, -0.25) is 0 Å². The fourth-order valence-electron chi connectivity index (χ4n) is 2.50. The standard InChI is InChI=1S/C19H20N6O2/c1-14-8-7-11-16(12-14)17(21-26-3)13-27-22-18(15-9-5-4-6-10-15)19-20-23-24-25(19)2/h4-12H,13H2,1-3H3/b21-17-,22-18-. The summed E-state index contributed by atoms with van der Waals surface area (Å²) in [5.74, 6) is 0.502. The molecule has 0 N–H and O–H groups in total. The van der Waals surface area contributed by atoms with Crippen LogP contribution in [0.5, 0.6) is 0 Å². The van der Waals surface area contributed by atoms with Gasteiger partial charge >= 0.3 is 0 Å². The van der Waals surface area contributed by atoms with Gasteiger partial charge in [0.05, 0.1) is 0 Å². The van der Waals surface area contributed by atoms with Crippen LogP contribution in [-0.4, -0.2) is 45.3 Å². The summed E-state index contributed by atoms with van der Waals surface area (Å²) in [7, 11) is 3.25. The summed E-state index contributed by atoms with van der Waals surface area (Å²) in [5, 5.41) is 19.9. The van der Waals surface area contributed by atoms with E-state index in [0.717, 1.165) is 16.7 Å². The molecule has 3 aromatic rings. The minimum atomic E-state index is 0.138. The third-order valence-electron chi connectivity index (χ3n) is 3.79. The first-order chi connectivity index (χ1) is 13.2. The van der Waals surface area contributed by atoms with Crippen molar-refractivity contribution in [2.45, 2.75) is 6.92 Å². The van der Waals surface area contributed by atoms with Gasteiger partial charge in [-0.15, -0.1) is 5.10 Å². The zero-order valence-corrected chi connectivity index (χ0v) is 15.4. The number of aromatic nitrogens is 4. The summed E-state index contributed by atoms with van der Waals surface area (Å²) in [5.41, 5.74) is 4.04. The number of hydrogen-bond acceptors (Lipinski definition) is 7. The summed E-state index contributed by atoms with van der Waals surface area (Å²) < 4.78 is 1.54. The van der Waals surface area contributed by atoms with Crippen LogP contribution in [0.25, 0.3) is 0 Å². The summed E-state index contributed by atoms with van der Waals surface area (Å²) >= 11 is 0. The Kier molecular flexibility index (Phi) is 5.88. The Bertz CT molecular complexity index is 950. The molecule has 138 valence electrons. The smallest absolute Gasteiger partial charge is 0.204 e. The molecule has 0 saturated heterocycles. The Hall–Kier alpha value is -3.55. The molecule has 0 aliphatic heterocycles. The molecule has 8 heteroatoms. The Morgan fingerprint density at radius 1 is 1.04 bits per heavy atom. The van der Waals surface area contributed by atoms with Crippen LogP contribution in [0.3, 0.4) is 0 Å². The molecule has 0 aliphatic rings. The van der Waals surface area contributed by atoms with Gasteiger partial charge in [0.25, 0.3) is 0 Å². The van der Waals surface area contributed by atoms with E-state index in [1.165, 1.54) is 7.11 Å². The van der Waals surface area contributed by atoms with Crippen molar-refractivity contribution in [2.24, 2.45) is 17.4 Å². The number of oxime groups is 2. The molecule has 0 spiro atoms. The average molecular weight is 364 g/mol. The van der Waals surface area contributed by atoms with Crippen LogP contribution in [0.15, 0.2) is 64.9 Å². The molecule has 27 heavy (non-hydrogen) atoms. The molecule has 8 nitrogen and oxygen atoms in total. The van der Waals surface area contributed by atoms with Gasteiger partial charge < -0.3 is 9.68 Å². The van der Waals surface area contributed by atoms with E-state index >= 15 is 0 Å². The lowest BCUT2D eigenvalue weighted by molar-refractivity contribution is 0.173. The van der Waals surface area contributed by atoms with E-state index in [1.54, 1.807) is 11.7 Å². The highest BCUT2D eigenvalue weighted by Gasteiger charge is 2.15. The summed E-state index contributed by atoms with van der Waals surface area (Å²) in [6, 6.07) is 17.5. The molecular formula is C19H20N6O2. The van der Waals surface area contributed by atoms with E-state index in [0.29, 0.717) is 17.2 Å². The van der Waals surface area contributed by atoms with E-state index < -0.39 is 0 Å². The van der Waals surface area contributed by atoms with Crippen LogP contribution in [0.2, 0.25) is 0 Å². The highest BCUT2D eigenvalue weighted by atomic mass is 16.6. The number of hydrogen-bond donors (Lipinski definition) is 0. The fourth-order valence-corrected chi connectivity index (χ4v) is 2.50. The lowest BCUT2D eigenvalue weighted by Crippen LogP contribution is -2.14. The second kappa shape index (κ2) is 8.70. The lowest BCUT2D eigenvalue weighted by Gasteiger charge is -2.08. The molecule has 1 heterocycles. The average Bonchev–Trinajstić information content (AvgIpc) is 3.10. The predicted octanol–water partition coefficient (Wildman–Crippen LogP) is 2.34. The van der Waals surface area contributed by atoms with E-state index in [9.17, 15) is 0 Å². The largest absolute Gasteiger partial charge is 0.399 e. The number of aryl methyl sites for hydroxylation is 2. The molecule has 0 atom stereocenters. The third-order valence-corrected chi connectivity index (χ3v) is 3.79. The molecule has 0 aliphatic carbocycles. The van der Waals surface area contributed by atoms with Crippen molar-refractivity contribution in [3.63, 3.8) is 0 Å². The molecule has 0 amide bonds. The second-order valence-corrected chi connectivity index (χ2v) is 5.80. The number of rotatable bonds is 7. The maximum absolute atomic E-state index is 5.61. The molecule has 0 unspecified atom stereocenters. The van der Waals surface area contributed by atoms with Crippen molar-refractivity contribution in [1.29, 1.82) is 0 Å². The van der Waals surface area contributed by atoms with Gasteiger partial charge in [-0.1, -0.05) is 64.4 Å². The SMILES string of the molecule is CO/N=C(/CO/N=C(/c1ccccc1)c1nnnn1C)c1cccc(C)c1. The summed E-state index contributed by atoms with van der Waals surface area (Å²) in [6.45, 7) is 2.15. The number of nitrogens with zero attached hydrogens (tertiary/aromatic N) is 6. The van der Waals surface area contributed by atoms with Gasteiger partial charge in [-0.2, -0.15) is 0 Å². The van der Waals surface area contributed by atoms with Crippen molar-refractivity contribution < 1.29 is 9.68 Å². The first-order valence-electron chi connectivity index (χ1n) is 8.34. The fraction of sp³-hybridized carbons (Fsp3) is 0.211. The number of benzene rings is 2. The molecule has 2 aromatic carbocycles. The minimum Gasteiger partial charge on any atom is -0.399 e. The van der Waals surface area contributed by atoms with Gasteiger partial charge in [0.2, 0.25) is 5.82 Å². The molecule has 1 aromatic heterocycles. The van der Waals surface area contributed by atoms with Gasteiger partial charge in [0, 0.05) is 18.2 Å². The van der Waals surface area contributed by atoms with Gasteiger partial charge in [0.1, 0.15) is 12.8 Å². The molecule has 0 fully saturated rings. The third kappa shape index (κ3) is 4.55. The Balaban J connectivity index is 1.86. The van der Waals surface area contributed by atoms with Crippen LogP contribution < -0.4 is 0 Å². The lowest BCUT2D eigenvalue weighted by atomic mass is 10.1. The maximum atomic E-state index is 5.61. The maximum Gasteiger partial charge on any atom is 0.204 e. The van der Waals surface area contributed by atoms with Crippen molar-refractivity contribution in [2.75, 3.05) is 13.7 Å². The van der Waals surface area contributed by atoms with E-state index in [2.05, 4.69) is 25.8 Å².